The molecular weight excluding hydrogens is 386 g/mol. The van der Waals surface area contributed by atoms with Crippen molar-refractivity contribution in [1.82, 2.24) is 5.32 Å². The van der Waals surface area contributed by atoms with Gasteiger partial charge in [-0.3, -0.25) is 9.59 Å². The third-order valence-corrected chi connectivity index (χ3v) is 4.80. The predicted molar refractivity (Wildman–Crippen MR) is 127 cm³/mol. The van der Waals surface area contributed by atoms with Gasteiger partial charge in [0.1, 0.15) is 5.70 Å². The summed E-state index contributed by atoms with van der Waals surface area (Å²) in [4.78, 5) is 27.8. The van der Waals surface area contributed by atoms with Gasteiger partial charge in [0.05, 0.1) is 0 Å². The maximum absolute atomic E-state index is 13.0. The molecule has 0 fully saturated rings. The van der Waals surface area contributed by atoms with E-state index in [4.69, 9.17) is 0 Å². The number of rotatable bonds is 6. The van der Waals surface area contributed by atoms with E-state index in [0.717, 1.165) is 22.4 Å². The van der Waals surface area contributed by atoms with Crippen molar-refractivity contribution in [1.29, 1.82) is 0 Å². The molecular formula is C26H27N3O2. The molecule has 2 amide bonds. The average molecular weight is 414 g/mol. The lowest BCUT2D eigenvalue weighted by molar-refractivity contribution is -0.113. The molecule has 0 aliphatic carbocycles. The van der Waals surface area contributed by atoms with Crippen LogP contribution in [0.2, 0.25) is 0 Å². The second-order valence-electron chi connectivity index (χ2n) is 7.69. The van der Waals surface area contributed by atoms with Crippen LogP contribution in [-0.2, 0) is 4.79 Å². The molecule has 0 aliphatic heterocycles. The molecule has 0 atom stereocenters. The third kappa shape index (κ3) is 6.06. The van der Waals surface area contributed by atoms with Gasteiger partial charge in [0.15, 0.2) is 0 Å². The van der Waals surface area contributed by atoms with Crippen LogP contribution in [0.15, 0.2) is 78.5 Å². The number of benzene rings is 3. The minimum atomic E-state index is -0.387. The van der Waals surface area contributed by atoms with Crippen LogP contribution in [0.3, 0.4) is 0 Å². The molecule has 0 spiro atoms. The first-order valence-corrected chi connectivity index (χ1v) is 10.1. The van der Waals surface area contributed by atoms with Gasteiger partial charge >= 0.3 is 0 Å². The van der Waals surface area contributed by atoms with E-state index in [0.29, 0.717) is 11.3 Å². The fourth-order valence-corrected chi connectivity index (χ4v) is 3.01. The van der Waals surface area contributed by atoms with Crippen LogP contribution >= 0.6 is 0 Å². The molecule has 158 valence electrons. The second kappa shape index (κ2) is 9.76. The SMILES string of the molecule is Cc1ccc(NC(=O)C(=Cc2ccc(N(C)C)cc2)NC(=O)c2cccc(C)c2)cc1. The van der Waals surface area contributed by atoms with Gasteiger partial charge < -0.3 is 15.5 Å². The van der Waals surface area contributed by atoms with E-state index in [-0.39, 0.29) is 17.5 Å². The first kappa shape index (κ1) is 21.8. The highest BCUT2D eigenvalue weighted by Crippen LogP contribution is 2.16. The normalized spacial score (nSPS) is 11.0. The van der Waals surface area contributed by atoms with Crippen LogP contribution < -0.4 is 15.5 Å². The number of nitrogens with zero attached hydrogens (tertiary/aromatic N) is 1. The molecule has 0 aromatic heterocycles. The van der Waals surface area contributed by atoms with E-state index >= 15 is 0 Å². The monoisotopic (exact) mass is 413 g/mol. The average Bonchev–Trinajstić information content (AvgIpc) is 2.75. The van der Waals surface area contributed by atoms with Gasteiger partial charge in [0.25, 0.3) is 11.8 Å². The van der Waals surface area contributed by atoms with Crippen molar-refractivity contribution in [3.63, 3.8) is 0 Å². The lowest BCUT2D eigenvalue weighted by Crippen LogP contribution is -2.30. The largest absolute Gasteiger partial charge is 0.378 e. The Hall–Kier alpha value is -3.86. The van der Waals surface area contributed by atoms with Crippen LogP contribution in [0.25, 0.3) is 6.08 Å². The third-order valence-electron chi connectivity index (χ3n) is 4.80. The topological polar surface area (TPSA) is 61.4 Å². The van der Waals surface area contributed by atoms with E-state index < -0.39 is 0 Å². The summed E-state index contributed by atoms with van der Waals surface area (Å²) in [5, 5.41) is 5.63. The Morgan fingerprint density at radius 3 is 2.13 bits per heavy atom. The lowest BCUT2D eigenvalue weighted by atomic mass is 10.1. The summed E-state index contributed by atoms with van der Waals surface area (Å²) in [6, 6.07) is 22.5. The molecule has 5 heteroatoms. The summed E-state index contributed by atoms with van der Waals surface area (Å²) in [7, 11) is 3.93. The van der Waals surface area contributed by atoms with Crippen LogP contribution in [0, 0.1) is 13.8 Å². The molecule has 0 radical (unpaired) electrons. The molecule has 0 unspecified atom stereocenters. The first-order chi connectivity index (χ1) is 14.8. The van der Waals surface area contributed by atoms with E-state index in [9.17, 15) is 9.59 Å². The minimum absolute atomic E-state index is 0.171. The molecule has 3 aromatic carbocycles. The van der Waals surface area contributed by atoms with Crippen LogP contribution in [0.4, 0.5) is 11.4 Å². The van der Waals surface area contributed by atoms with Gasteiger partial charge in [-0.2, -0.15) is 0 Å². The molecule has 3 aromatic rings. The van der Waals surface area contributed by atoms with E-state index in [1.165, 1.54) is 0 Å². The first-order valence-electron chi connectivity index (χ1n) is 10.1. The van der Waals surface area contributed by atoms with Crippen molar-refractivity contribution in [2.45, 2.75) is 13.8 Å². The van der Waals surface area contributed by atoms with E-state index in [1.807, 2.05) is 93.5 Å². The Balaban J connectivity index is 1.89. The molecule has 0 bridgehead atoms. The summed E-state index contributed by atoms with van der Waals surface area (Å²) in [6.07, 6.45) is 1.68. The Bertz CT molecular complexity index is 1100. The Morgan fingerprint density at radius 1 is 0.839 bits per heavy atom. The smallest absolute Gasteiger partial charge is 0.272 e. The molecule has 3 rings (SSSR count). The summed E-state index contributed by atoms with van der Waals surface area (Å²) in [6.45, 7) is 3.90. The van der Waals surface area contributed by atoms with Gasteiger partial charge in [-0.25, -0.2) is 0 Å². The zero-order valence-electron chi connectivity index (χ0n) is 18.3. The van der Waals surface area contributed by atoms with Gasteiger partial charge in [-0.1, -0.05) is 47.5 Å². The summed E-state index contributed by atoms with van der Waals surface area (Å²) in [5.41, 5.74) is 5.26. The summed E-state index contributed by atoms with van der Waals surface area (Å²) >= 11 is 0. The maximum Gasteiger partial charge on any atom is 0.272 e. The molecule has 0 aliphatic rings. The number of hydrogen-bond donors (Lipinski definition) is 2. The number of nitrogens with one attached hydrogen (secondary N) is 2. The summed E-state index contributed by atoms with van der Waals surface area (Å²) < 4.78 is 0. The maximum atomic E-state index is 13.0. The number of anilines is 2. The highest BCUT2D eigenvalue weighted by Gasteiger charge is 2.15. The minimum Gasteiger partial charge on any atom is -0.378 e. The number of aryl methyl sites for hydroxylation is 2. The zero-order valence-corrected chi connectivity index (χ0v) is 18.3. The number of carbonyl (C=O) groups is 2. The van der Waals surface area contributed by atoms with Crippen molar-refractivity contribution in [3.05, 3.63) is 101 Å². The van der Waals surface area contributed by atoms with Gasteiger partial charge in [0.2, 0.25) is 0 Å². The highest BCUT2D eigenvalue weighted by molar-refractivity contribution is 6.10. The summed E-state index contributed by atoms with van der Waals surface area (Å²) in [5.74, 6) is -0.722. The van der Waals surface area contributed by atoms with E-state index in [2.05, 4.69) is 10.6 Å². The molecule has 31 heavy (non-hydrogen) atoms. The van der Waals surface area contributed by atoms with Crippen molar-refractivity contribution in [2.75, 3.05) is 24.3 Å². The van der Waals surface area contributed by atoms with Gasteiger partial charge in [0, 0.05) is 31.0 Å². The second-order valence-corrected chi connectivity index (χ2v) is 7.69. The number of carbonyl (C=O) groups excluding carboxylic acids is 2. The molecule has 0 saturated carbocycles. The molecule has 5 nitrogen and oxygen atoms in total. The number of hydrogen-bond acceptors (Lipinski definition) is 3. The molecule has 2 N–H and O–H groups in total. The predicted octanol–water partition coefficient (Wildman–Crippen LogP) is 4.78. The van der Waals surface area contributed by atoms with Gasteiger partial charge in [-0.05, 0) is 61.9 Å². The Morgan fingerprint density at radius 2 is 1.52 bits per heavy atom. The Labute approximate surface area is 183 Å². The van der Waals surface area contributed by atoms with Crippen molar-refractivity contribution in [3.8, 4) is 0 Å². The van der Waals surface area contributed by atoms with Gasteiger partial charge in [-0.15, -0.1) is 0 Å². The quantitative estimate of drug-likeness (QED) is 0.572. The fraction of sp³-hybridized carbons (Fsp3) is 0.154. The van der Waals surface area contributed by atoms with E-state index in [1.54, 1.807) is 18.2 Å². The van der Waals surface area contributed by atoms with Crippen LogP contribution in [-0.4, -0.2) is 25.9 Å². The Kier molecular flexibility index (Phi) is 6.88. The van der Waals surface area contributed by atoms with Crippen LogP contribution in [0.1, 0.15) is 27.0 Å². The van der Waals surface area contributed by atoms with Crippen molar-refractivity contribution >= 4 is 29.3 Å². The van der Waals surface area contributed by atoms with Crippen molar-refractivity contribution in [2.24, 2.45) is 0 Å². The van der Waals surface area contributed by atoms with Crippen LogP contribution in [0.5, 0.6) is 0 Å². The fourth-order valence-electron chi connectivity index (χ4n) is 3.01. The highest BCUT2D eigenvalue weighted by atomic mass is 16.2. The zero-order chi connectivity index (χ0) is 22.4. The van der Waals surface area contributed by atoms with Crippen molar-refractivity contribution < 1.29 is 9.59 Å². The standard InChI is InChI=1S/C26H27N3O2/c1-18-8-12-22(13-9-18)27-26(31)24(17-20-10-14-23(15-11-20)29(3)4)28-25(30)21-7-5-6-19(2)16-21/h5-17H,1-4H3,(H,27,31)(H,28,30). The molecule has 0 saturated heterocycles. The number of amides is 2. The lowest BCUT2D eigenvalue weighted by Gasteiger charge is -2.13. The molecule has 0 heterocycles.